The minimum absolute atomic E-state index is 0.108. The molecule has 1 saturated heterocycles. The molecule has 0 spiro atoms. The lowest BCUT2D eigenvalue weighted by atomic mass is 9.90. The van der Waals surface area contributed by atoms with E-state index in [-0.39, 0.29) is 12.0 Å². The molecule has 0 bridgehead atoms. The van der Waals surface area contributed by atoms with Crippen LogP contribution in [0.4, 0.5) is 0 Å². The minimum atomic E-state index is 0.108. The summed E-state index contributed by atoms with van der Waals surface area (Å²) in [5, 5.41) is 0. The van der Waals surface area contributed by atoms with Crippen LogP contribution in [0.2, 0.25) is 0 Å². The topological polar surface area (TPSA) is 38.8 Å². The van der Waals surface area contributed by atoms with E-state index < -0.39 is 0 Å². The molecule has 1 heterocycles. The van der Waals surface area contributed by atoms with Gasteiger partial charge in [-0.3, -0.25) is 4.79 Å². The molecule has 0 unspecified atom stereocenters. The predicted octanol–water partition coefficient (Wildman–Crippen LogP) is 5.11. The lowest BCUT2D eigenvalue weighted by Gasteiger charge is -2.32. The number of rotatable bonds is 8. The van der Waals surface area contributed by atoms with Crippen molar-refractivity contribution < 1.29 is 14.3 Å². The van der Waals surface area contributed by atoms with Crippen LogP contribution < -0.4 is 4.74 Å². The molecule has 3 rings (SSSR count). The quantitative estimate of drug-likeness (QED) is 0.624. The van der Waals surface area contributed by atoms with Crippen molar-refractivity contribution in [3.63, 3.8) is 0 Å². The third-order valence-corrected chi connectivity index (χ3v) is 5.45. The molecule has 1 aliphatic rings. The van der Waals surface area contributed by atoms with Crippen LogP contribution in [-0.4, -0.2) is 36.6 Å². The van der Waals surface area contributed by atoms with E-state index in [4.69, 9.17) is 9.47 Å². The van der Waals surface area contributed by atoms with Crippen LogP contribution in [0.3, 0.4) is 0 Å². The fourth-order valence-electron chi connectivity index (χ4n) is 3.85. The first-order valence-corrected chi connectivity index (χ1v) is 10.8. The van der Waals surface area contributed by atoms with E-state index in [1.165, 1.54) is 5.56 Å². The maximum Gasteiger partial charge on any atom is 0.253 e. The van der Waals surface area contributed by atoms with E-state index in [0.717, 1.165) is 49.2 Å². The zero-order valence-electron chi connectivity index (χ0n) is 17.9. The summed E-state index contributed by atoms with van der Waals surface area (Å²) in [6.07, 6.45) is 3.34. The standard InChI is InChI=1S/C25H33NO3/c1-4-28-24-11-10-22(17-23(24)18-29-19(2)3)25(27)26-14-12-21(13-15-26)16-20-8-6-5-7-9-20/h5-11,17,19,21H,4,12-16,18H2,1-3H3. The molecule has 0 aliphatic carbocycles. The third kappa shape index (κ3) is 6.07. The number of hydrogen-bond donors (Lipinski definition) is 0. The highest BCUT2D eigenvalue weighted by Crippen LogP contribution is 2.26. The summed E-state index contributed by atoms with van der Waals surface area (Å²) in [5.74, 6) is 1.56. The van der Waals surface area contributed by atoms with Crippen molar-refractivity contribution in [2.45, 2.75) is 52.7 Å². The predicted molar refractivity (Wildman–Crippen MR) is 116 cm³/mol. The van der Waals surface area contributed by atoms with Gasteiger partial charge in [-0.1, -0.05) is 30.3 Å². The highest BCUT2D eigenvalue weighted by Gasteiger charge is 2.24. The Morgan fingerprint density at radius 1 is 1.10 bits per heavy atom. The van der Waals surface area contributed by atoms with Crippen molar-refractivity contribution in [3.8, 4) is 5.75 Å². The second kappa shape index (κ2) is 10.4. The summed E-state index contributed by atoms with van der Waals surface area (Å²) >= 11 is 0. The largest absolute Gasteiger partial charge is 0.494 e. The van der Waals surface area contributed by atoms with Gasteiger partial charge in [-0.05, 0) is 69.7 Å². The van der Waals surface area contributed by atoms with Gasteiger partial charge >= 0.3 is 0 Å². The molecule has 2 aromatic carbocycles. The second-order valence-corrected chi connectivity index (χ2v) is 8.04. The lowest BCUT2D eigenvalue weighted by Crippen LogP contribution is -2.39. The Hall–Kier alpha value is -2.33. The van der Waals surface area contributed by atoms with Crippen LogP contribution >= 0.6 is 0 Å². The Morgan fingerprint density at radius 2 is 1.83 bits per heavy atom. The van der Waals surface area contributed by atoms with Gasteiger partial charge in [0.25, 0.3) is 5.91 Å². The van der Waals surface area contributed by atoms with Crippen LogP contribution in [0.5, 0.6) is 5.75 Å². The summed E-state index contributed by atoms with van der Waals surface area (Å²) in [6.45, 7) is 8.67. The number of carbonyl (C=O) groups is 1. The second-order valence-electron chi connectivity index (χ2n) is 8.04. The number of amides is 1. The first-order chi connectivity index (χ1) is 14.1. The van der Waals surface area contributed by atoms with Crippen LogP contribution in [-0.2, 0) is 17.8 Å². The molecule has 29 heavy (non-hydrogen) atoms. The van der Waals surface area contributed by atoms with Gasteiger partial charge in [-0.25, -0.2) is 0 Å². The molecule has 2 aromatic rings. The minimum Gasteiger partial charge on any atom is -0.494 e. The van der Waals surface area contributed by atoms with Crippen LogP contribution in [0.25, 0.3) is 0 Å². The molecule has 0 aromatic heterocycles. The number of hydrogen-bond acceptors (Lipinski definition) is 3. The van der Waals surface area contributed by atoms with Gasteiger partial charge in [0.05, 0.1) is 19.3 Å². The first-order valence-electron chi connectivity index (χ1n) is 10.8. The average molecular weight is 396 g/mol. The van der Waals surface area contributed by atoms with Gasteiger partial charge in [0, 0.05) is 24.2 Å². The Labute approximate surface area is 174 Å². The van der Waals surface area contributed by atoms with Crippen LogP contribution in [0, 0.1) is 5.92 Å². The van der Waals surface area contributed by atoms with E-state index in [9.17, 15) is 4.79 Å². The van der Waals surface area contributed by atoms with Gasteiger partial charge in [0.1, 0.15) is 5.75 Å². The van der Waals surface area contributed by atoms with Gasteiger partial charge in [0.2, 0.25) is 0 Å². The van der Waals surface area contributed by atoms with E-state index in [2.05, 4.69) is 30.3 Å². The Bertz CT molecular complexity index is 780. The molecular formula is C25H33NO3. The number of benzene rings is 2. The van der Waals surface area contributed by atoms with Gasteiger partial charge in [0.15, 0.2) is 0 Å². The monoisotopic (exact) mass is 395 g/mol. The van der Waals surface area contributed by atoms with Crippen molar-refractivity contribution in [2.75, 3.05) is 19.7 Å². The van der Waals surface area contributed by atoms with E-state index in [1.54, 1.807) is 0 Å². The zero-order valence-corrected chi connectivity index (χ0v) is 17.9. The van der Waals surface area contributed by atoms with Gasteiger partial charge in [-0.2, -0.15) is 0 Å². The third-order valence-electron chi connectivity index (χ3n) is 5.45. The maximum atomic E-state index is 13.1. The molecule has 4 nitrogen and oxygen atoms in total. The molecule has 0 N–H and O–H groups in total. The van der Waals surface area contributed by atoms with Crippen LogP contribution in [0.15, 0.2) is 48.5 Å². The molecule has 4 heteroatoms. The molecule has 1 fully saturated rings. The first kappa shape index (κ1) is 21.4. The summed E-state index contributed by atoms with van der Waals surface area (Å²) < 4.78 is 11.5. The summed E-state index contributed by atoms with van der Waals surface area (Å²) in [6, 6.07) is 16.4. The Balaban J connectivity index is 1.62. The van der Waals surface area contributed by atoms with E-state index in [0.29, 0.717) is 19.1 Å². The van der Waals surface area contributed by atoms with Crippen molar-refractivity contribution >= 4 is 5.91 Å². The van der Waals surface area contributed by atoms with Crippen LogP contribution in [0.1, 0.15) is 55.1 Å². The average Bonchev–Trinajstić information content (AvgIpc) is 2.74. The molecule has 0 radical (unpaired) electrons. The Kier molecular flexibility index (Phi) is 7.70. The summed E-state index contributed by atoms with van der Waals surface area (Å²) in [5.41, 5.74) is 3.04. The lowest BCUT2D eigenvalue weighted by molar-refractivity contribution is 0.0637. The SMILES string of the molecule is CCOc1ccc(C(=O)N2CCC(Cc3ccccc3)CC2)cc1COC(C)C. The fraction of sp³-hybridized carbons (Fsp3) is 0.480. The Morgan fingerprint density at radius 3 is 2.48 bits per heavy atom. The number of ether oxygens (including phenoxy) is 2. The highest BCUT2D eigenvalue weighted by molar-refractivity contribution is 5.94. The van der Waals surface area contributed by atoms with E-state index in [1.807, 2.05) is 43.9 Å². The molecule has 1 aliphatic heterocycles. The highest BCUT2D eigenvalue weighted by atomic mass is 16.5. The molecular weight excluding hydrogens is 362 g/mol. The molecule has 156 valence electrons. The number of likely N-dealkylation sites (tertiary alicyclic amines) is 1. The van der Waals surface area contributed by atoms with Crippen molar-refractivity contribution in [3.05, 3.63) is 65.2 Å². The number of piperidine rings is 1. The zero-order chi connectivity index (χ0) is 20.6. The van der Waals surface area contributed by atoms with E-state index >= 15 is 0 Å². The van der Waals surface area contributed by atoms with Gasteiger partial charge in [-0.15, -0.1) is 0 Å². The number of nitrogens with zero attached hydrogens (tertiary/aromatic N) is 1. The van der Waals surface area contributed by atoms with Gasteiger partial charge < -0.3 is 14.4 Å². The van der Waals surface area contributed by atoms with Crippen molar-refractivity contribution in [2.24, 2.45) is 5.92 Å². The molecule has 0 atom stereocenters. The fourth-order valence-corrected chi connectivity index (χ4v) is 3.85. The smallest absolute Gasteiger partial charge is 0.253 e. The molecule has 0 saturated carbocycles. The summed E-state index contributed by atoms with van der Waals surface area (Å²) in [7, 11) is 0. The number of carbonyl (C=O) groups excluding carboxylic acids is 1. The van der Waals surface area contributed by atoms with Crippen molar-refractivity contribution in [1.29, 1.82) is 0 Å². The normalized spacial score (nSPS) is 15.0. The maximum absolute atomic E-state index is 13.1. The molecule has 1 amide bonds. The summed E-state index contributed by atoms with van der Waals surface area (Å²) in [4.78, 5) is 15.1. The van der Waals surface area contributed by atoms with Crippen molar-refractivity contribution in [1.82, 2.24) is 4.90 Å².